The van der Waals surface area contributed by atoms with Gasteiger partial charge in [-0.3, -0.25) is 9.59 Å². The number of rotatable bonds is 1. The van der Waals surface area contributed by atoms with Crippen molar-refractivity contribution in [2.75, 3.05) is 10.6 Å². The highest BCUT2D eigenvalue weighted by atomic mass is 35.5. The zero-order valence-electron chi connectivity index (χ0n) is 13.8. The van der Waals surface area contributed by atoms with Crippen molar-refractivity contribution in [1.82, 2.24) is 9.78 Å². The van der Waals surface area contributed by atoms with Gasteiger partial charge in [-0.05, 0) is 35.9 Å². The van der Waals surface area contributed by atoms with E-state index in [2.05, 4.69) is 15.7 Å². The van der Waals surface area contributed by atoms with Crippen molar-refractivity contribution in [3.8, 4) is 5.69 Å². The average Bonchev–Trinajstić information content (AvgIpc) is 3.16. The Bertz CT molecular complexity index is 1140. The van der Waals surface area contributed by atoms with Crippen LogP contribution in [-0.2, 0) is 15.0 Å². The van der Waals surface area contributed by atoms with E-state index in [1.807, 2.05) is 0 Å². The number of halogens is 2. The molecule has 134 valence electrons. The summed E-state index contributed by atoms with van der Waals surface area (Å²) in [6.07, 6.45) is 1.40. The number of amides is 2. The van der Waals surface area contributed by atoms with Crippen LogP contribution >= 0.6 is 11.6 Å². The smallest absolute Gasteiger partial charge is 0.240 e. The van der Waals surface area contributed by atoms with E-state index < -0.39 is 11.2 Å². The van der Waals surface area contributed by atoms with Gasteiger partial charge in [-0.15, -0.1) is 0 Å². The maximum atomic E-state index is 13.9. The van der Waals surface area contributed by atoms with Crippen molar-refractivity contribution in [3.05, 3.63) is 70.6 Å². The molecule has 0 unspecified atom stereocenters. The number of fused-ring (bicyclic) bond motifs is 4. The molecule has 2 aliphatic heterocycles. The summed E-state index contributed by atoms with van der Waals surface area (Å²) in [5.74, 6) is -0.858. The maximum Gasteiger partial charge on any atom is 0.240 e. The summed E-state index contributed by atoms with van der Waals surface area (Å²) in [6.45, 7) is 0. The van der Waals surface area contributed by atoms with Crippen LogP contribution in [-0.4, -0.2) is 21.6 Å². The molecule has 8 heteroatoms. The number of hydrogen-bond donors (Lipinski definition) is 2. The summed E-state index contributed by atoms with van der Waals surface area (Å²) >= 11 is 6.27. The Balaban J connectivity index is 1.79. The summed E-state index contributed by atoms with van der Waals surface area (Å²) in [6, 6.07) is 11.1. The van der Waals surface area contributed by atoms with Crippen LogP contribution in [0.4, 0.5) is 15.9 Å². The van der Waals surface area contributed by atoms with Crippen LogP contribution < -0.4 is 10.6 Å². The highest BCUT2D eigenvalue weighted by Gasteiger charge is 2.54. The summed E-state index contributed by atoms with van der Waals surface area (Å²) in [7, 11) is 0. The fourth-order valence-corrected chi connectivity index (χ4v) is 4.09. The fourth-order valence-electron chi connectivity index (χ4n) is 3.87. The zero-order chi connectivity index (χ0) is 18.8. The van der Waals surface area contributed by atoms with E-state index in [1.165, 1.54) is 29.1 Å². The molecule has 6 nitrogen and oxygen atoms in total. The van der Waals surface area contributed by atoms with Crippen molar-refractivity contribution in [2.45, 2.75) is 11.8 Å². The highest BCUT2D eigenvalue weighted by Crippen LogP contribution is 2.50. The van der Waals surface area contributed by atoms with E-state index in [0.717, 1.165) is 0 Å². The van der Waals surface area contributed by atoms with E-state index in [0.29, 0.717) is 33.3 Å². The van der Waals surface area contributed by atoms with E-state index >= 15 is 0 Å². The predicted molar refractivity (Wildman–Crippen MR) is 97.6 cm³/mol. The molecule has 0 radical (unpaired) electrons. The van der Waals surface area contributed by atoms with Gasteiger partial charge in [0.2, 0.25) is 11.8 Å². The quantitative estimate of drug-likeness (QED) is 0.678. The van der Waals surface area contributed by atoms with Crippen molar-refractivity contribution < 1.29 is 14.0 Å². The minimum absolute atomic E-state index is 0.128. The number of anilines is 2. The fraction of sp³-hybridized carbons (Fsp3) is 0.105. The number of hydrogen-bond acceptors (Lipinski definition) is 3. The Morgan fingerprint density at radius 1 is 1.11 bits per heavy atom. The number of carbonyl (C=O) groups excluding carboxylic acids is 2. The first-order valence-electron chi connectivity index (χ1n) is 8.25. The molecule has 2 aromatic carbocycles. The van der Waals surface area contributed by atoms with E-state index in [9.17, 15) is 14.0 Å². The van der Waals surface area contributed by atoms with Crippen LogP contribution in [0.25, 0.3) is 5.69 Å². The van der Waals surface area contributed by atoms with Crippen LogP contribution in [0.1, 0.15) is 17.5 Å². The molecule has 0 saturated heterocycles. The van der Waals surface area contributed by atoms with Gasteiger partial charge in [0.05, 0.1) is 16.9 Å². The van der Waals surface area contributed by atoms with Gasteiger partial charge in [-0.2, -0.15) is 5.10 Å². The Morgan fingerprint density at radius 2 is 1.93 bits per heavy atom. The monoisotopic (exact) mass is 382 g/mol. The molecular weight excluding hydrogens is 371 g/mol. The molecular formula is C19H12ClFN4O2. The van der Waals surface area contributed by atoms with Gasteiger partial charge in [0.1, 0.15) is 17.1 Å². The second kappa shape index (κ2) is 5.40. The number of nitrogens with one attached hydrogen (secondary N) is 2. The molecule has 0 saturated carbocycles. The minimum atomic E-state index is -1.32. The molecule has 0 bridgehead atoms. The van der Waals surface area contributed by atoms with E-state index in [4.69, 9.17) is 11.6 Å². The number of aromatic nitrogens is 2. The lowest BCUT2D eigenvalue weighted by Gasteiger charge is -2.31. The SMILES string of the molecule is O=C1C[C@@]2(C(=O)Nc3ccc(F)cc32)c2cnn(-c3ccccc3Cl)c2N1. The van der Waals surface area contributed by atoms with Gasteiger partial charge in [-0.1, -0.05) is 23.7 Å². The third kappa shape index (κ3) is 2.09. The first-order valence-corrected chi connectivity index (χ1v) is 8.63. The Labute approximate surface area is 157 Å². The van der Waals surface area contributed by atoms with Gasteiger partial charge < -0.3 is 10.6 Å². The third-order valence-corrected chi connectivity index (χ3v) is 5.39. The molecule has 1 spiro atoms. The summed E-state index contributed by atoms with van der Waals surface area (Å²) in [4.78, 5) is 25.5. The molecule has 1 aromatic heterocycles. The standard InChI is InChI=1S/C19H12ClFN4O2/c20-13-3-1-2-4-15(13)25-17-12(9-22-25)19(8-16(26)24-17)11-7-10(21)5-6-14(11)23-18(19)27/h1-7,9H,8H2,(H,23,27)(H,24,26)/t19-/m0/s1. The topological polar surface area (TPSA) is 76.0 Å². The lowest BCUT2D eigenvalue weighted by Crippen LogP contribution is -2.43. The predicted octanol–water partition coefficient (Wildman–Crippen LogP) is 3.25. The zero-order valence-corrected chi connectivity index (χ0v) is 14.5. The largest absolute Gasteiger partial charge is 0.325 e. The average molecular weight is 383 g/mol. The molecule has 5 rings (SSSR count). The van der Waals surface area contributed by atoms with E-state index in [1.54, 1.807) is 24.3 Å². The first kappa shape index (κ1) is 16.0. The lowest BCUT2D eigenvalue weighted by atomic mass is 9.72. The van der Waals surface area contributed by atoms with Crippen molar-refractivity contribution >= 4 is 34.9 Å². The summed E-state index contributed by atoms with van der Waals surface area (Å²) in [5, 5.41) is 10.3. The van der Waals surface area contributed by atoms with Crippen LogP contribution in [0, 0.1) is 5.82 Å². The van der Waals surface area contributed by atoms with Gasteiger partial charge in [0, 0.05) is 17.7 Å². The van der Waals surface area contributed by atoms with Crippen molar-refractivity contribution in [3.63, 3.8) is 0 Å². The van der Waals surface area contributed by atoms with E-state index in [-0.39, 0.29) is 18.2 Å². The maximum absolute atomic E-state index is 13.9. The first-order chi connectivity index (χ1) is 13.0. The highest BCUT2D eigenvalue weighted by molar-refractivity contribution is 6.32. The van der Waals surface area contributed by atoms with Crippen LogP contribution in [0.3, 0.4) is 0 Å². The third-order valence-electron chi connectivity index (χ3n) is 5.07. The minimum Gasteiger partial charge on any atom is -0.325 e. The second-order valence-electron chi connectivity index (χ2n) is 6.54. The van der Waals surface area contributed by atoms with Crippen LogP contribution in [0.5, 0.6) is 0 Å². The molecule has 1 atom stereocenters. The summed E-state index contributed by atoms with van der Waals surface area (Å²) < 4.78 is 15.4. The molecule has 3 aromatic rings. The van der Waals surface area contributed by atoms with Gasteiger partial charge in [0.25, 0.3) is 0 Å². The number of carbonyl (C=O) groups is 2. The number of para-hydroxylation sites is 1. The normalized spacial score (nSPS) is 20.2. The summed E-state index contributed by atoms with van der Waals surface area (Å²) in [5.41, 5.74) is 0.670. The molecule has 2 amide bonds. The molecule has 3 heterocycles. The second-order valence-corrected chi connectivity index (χ2v) is 6.95. The Kier molecular flexibility index (Phi) is 3.21. The molecule has 2 N–H and O–H groups in total. The molecule has 0 fully saturated rings. The lowest BCUT2D eigenvalue weighted by molar-refractivity contribution is -0.125. The Hall–Kier alpha value is -3.19. The van der Waals surface area contributed by atoms with Gasteiger partial charge >= 0.3 is 0 Å². The van der Waals surface area contributed by atoms with Crippen molar-refractivity contribution in [1.29, 1.82) is 0 Å². The molecule has 2 aliphatic rings. The number of nitrogens with zero attached hydrogens (tertiary/aromatic N) is 2. The van der Waals surface area contributed by atoms with Crippen molar-refractivity contribution in [2.24, 2.45) is 0 Å². The van der Waals surface area contributed by atoms with Crippen LogP contribution in [0.2, 0.25) is 5.02 Å². The Morgan fingerprint density at radius 3 is 2.74 bits per heavy atom. The van der Waals surface area contributed by atoms with Gasteiger partial charge in [-0.25, -0.2) is 9.07 Å². The molecule has 27 heavy (non-hydrogen) atoms. The van der Waals surface area contributed by atoms with Gasteiger partial charge in [0.15, 0.2) is 0 Å². The molecule has 0 aliphatic carbocycles. The number of benzene rings is 2. The van der Waals surface area contributed by atoms with Crippen LogP contribution in [0.15, 0.2) is 48.7 Å².